The first-order valence-electron chi connectivity index (χ1n) is 19.2. The molecule has 1 aliphatic heterocycles. The number of nitrogens with one attached hydrogen (secondary N) is 4. The van der Waals surface area contributed by atoms with Gasteiger partial charge in [0.05, 0.1) is 6.04 Å². The minimum absolute atomic E-state index is 0. The third-order valence-corrected chi connectivity index (χ3v) is 11.0. The monoisotopic (exact) mass is 859 g/mol. The summed E-state index contributed by atoms with van der Waals surface area (Å²) in [5.74, 6) is -3.16. The number of rotatable bonds is 26. The van der Waals surface area contributed by atoms with Crippen LogP contribution < -0.4 is 27.0 Å². The number of alkyl carbamates (subject to hydrolysis) is 1. The molecule has 2 heterocycles. The van der Waals surface area contributed by atoms with E-state index in [0.29, 0.717) is 60.7 Å². The van der Waals surface area contributed by atoms with Gasteiger partial charge in [-0.2, -0.15) is 0 Å². The summed E-state index contributed by atoms with van der Waals surface area (Å²) in [5, 5.41) is 12.3. The number of amides is 7. The fourth-order valence-electron chi connectivity index (χ4n) is 5.66. The number of carbonyl (C=O) groups is 8. The van der Waals surface area contributed by atoms with Crippen LogP contribution in [0.4, 0.5) is 15.3 Å². The van der Waals surface area contributed by atoms with Gasteiger partial charge in [0.25, 0.3) is 11.8 Å². The van der Waals surface area contributed by atoms with Gasteiger partial charge in [0.1, 0.15) is 11.6 Å². The van der Waals surface area contributed by atoms with Crippen LogP contribution in [0, 0.1) is 11.8 Å². The molecule has 0 aliphatic carbocycles. The van der Waals surface area contributed by atoms with Crippen LogP contribution >= 0.6 is 21.6 Å². The molecule has 19 heteroatoms. The predicted octanol–water partition coefficient (Wildman–Crippen LogP) is 5.44. The zero-order valence-corrected chi connectivity index (χ0v) is 34.5. The van der Waals surface area contributed by atoms with Crippen LogP contribution in [0.5, 0.6) is 0 Å². The van der Waals surface area contributed by atoms with Gasteiger partial charge in [-0.15, -0.1) is 5.06 Å². The van der Waals surface area contributed by atoms with E-state index >= 15 is 0 Å². The molecule has 0 spiro atoms. The van der Waals surface area contributed by atoms with Crippen molar-refractivity contribution in [3.63, 3.8) is 0 Å². The van der Waals surface area contributed by atoms with Gasteiger partial charge in [0, 0.05) is 68.7 Å². The Kier molecular flexibility index (Phi) is 23.3. The van der Waals surface area contributed by atoms with Gasteiger partial charge < -0.3 is 36.6 Å². The van der Waals surface area contributed by atoms with Crippen molar-refractivity contribution in [2.75, 3.05) is 24.2 Å². The third kappa shape index (κ3) is 19.9. The summed E-state index contributed by atoms with van der Waals surface area (Å²) in [6.07, 6.45) is 4.06. The van der Waals surface area contributed by atoms with E-state index in [1.54, 1.807) is 55.1 Å². The highest BCUT2D eigenvalue weighted by Crippen LogP contribution is 2.28. The van der Waals surface area contributed by atoms with Crippen molar-refractivity contribution in [3.8, 4) is 0 Å². The number of primary amides is 1. The summed E-state index contributed by atoms with van der Waals surface area (Å²) in [6.45, 7) is 4.25. The molecule has 3 rings (SSSR count). The van der Waals surface area contributed by atoms with Crippen molar-refractivity contribution in [1.82, 2.24) is 26.0 Å². The lowest BCUT2D eigenvalue weighted by Gasteiger charge is -2.24. The van der Waals surface area contributed by atoms with Crippen LogP contribution in [0.1, 0.15) is 97.5 Å². The second-order valence-electron chi connectivity index (χ2n) is 13.8. The van der Waals surface area contributed by atoms with Gasteiger partial charge in [0.15, 0.2) is 5.78 Å². The number of anilines is 1. The van der Waals surface area contributed by atoms with Gasteiger partial charge in [0.2, 0.25) is 11.8 Å². The zero-order chi connectivity index (χ0) is 42.3. The van der Waals surface area contributed by atoms with E-state index in [0.717, 1.165) is 5.03 Å². The van der Waals surface area contributed by atoms with E-state index in [4.69, 9.17) is 15.3 Å². The summed E-state index contributed by atoms with van der Waals surface area (Å²) in [4.78, 5) is 108. The Labute approximate surface area is 353 Å². The quantitative estimate of drug-likeness (QED) is 0.0450. The maximum Gasteiger partial charge on any atom is 0.407 e. The Balaban J connectivity index is 0.0000120. The van der Waals surface area contributed by atoms with E-state index < -0.39 is 47.8 Å². The first-order valence-corrected chi connectivity index (χ1v) is 21.6. The predicted molar refractivity (Wildman–Crippen MR) is 224 cm³/mol. The molecule has 1 aliphatic rings. The fourth-order valence-corrected chi connectivity index (χ4v) is 7.44. The van der Waals surface area contributed by atoms with Crippen LogP contribution in [-0.2, 0) is 44.9 Å². The van der Waals surface area contributed by atoms with Crippen LogP contribution in [0.25, 0.3) is 0 Å². The lowest BCUT2D eigenvalue weighted by atomic mass is 9.89. The van der Waals surface area contributed by atoms with Gasteiger partial charge in [-0.3, -0.25) is 24.0 Å². The number of urea groups is 1. The second kappa shape index (κ2) is 27.5. The number of unbranched alkanes of at least 4 members (excludes halogenated alkanes) is 3. The molecule has 6 N–H and O–H groups in total. The summed E-state index contributed by atoms with van der Waals surface area (Å²) in [6, 6.07) is 10.9. The molecule has 17 nitrogen and oxygen atoms in total. The number of carbonyl (C=O) groups excluding carboxylic acids is 8. The minimum Gasteiger partial charge on any atom is -0.445 e. The number of nitrogens with zero attached hydrogens (tertiary/aromatic N) is 2. The van der Waals surface area contributed by atoms with Crippen molar-refractivity contribution in [2.45, 2.75) is 110 Å². The Bertz CT molecular complexity index is 1680. The molecule has 1 fully saturated rings. The van der Waals surface area contributed by atoms with Crippen molar-refractivity contribution < 1.29 is 47.9 Å². The number of imide groups is 1. The molecule has 0 unspecified atom stereocenters. The highest BCUT2D eigenvalue weighted by atomic mass is 33.1. The molecule has 1 aromatic heterocycles. The Morgan fingerprint density at radius 2 is 1.58 bits per heavy atom. The van der Waals surface area contributed by atoms with E-state index in [2.05, 4.69) is 26.3 Å². The van der Waals surface area contributed by atoms with Crippen LogP contribution in [0.3, 0.4) is 0 Å². The SMILES string of the molecule is C.CC(C)[C@H](NC(=O)CCCCCCC(=O)ON1C(=O)CCC1=O)C(=O)C[C@@H](CCCNC(N)=O)C(=O)Nc1ccc(COC(=O)NCCSSc2ccccn2)cc1. The van der Waals surface area contributed by atoms with Crippen molar-refractivity contribution >= 4 is 74.8 Å². The lowest BCUT2D eigenvalue weighted by molar-refractivity contribution is -0.197. The van der Waals surface area contributed by atoms with Crippen molar-refractivity contribution in [2.24, 2.45) is 17.6 Å². The maximum absolute atomic E-state index is 13.6. The fraction of sp³-hybridized carbons (Fsp3) is 0.525. The number of hydrogen-bond acceptors (Lipinski definition) is 13. The molecule has 0 saturated carbocycles. The van der Waals surface area contributed by atoms with Crippen LogP contribution in [0.15, 0.2) is 53.7 Å². The van der Waals surface area contributed by atoms with Crippen molar-refractivity contribution in [3.05, 3.63) is 54.2 Å². The lowest BCUT2D eigenvalue weighted by Crippen LogP contribution is -2.45. The van der Waals surface area contributed by atoms with Gasteiger partial charge in [-0.05, 0) is 72.2 Å². The second-order valence-corrected chi connectivity index (χ2v) is 16.2. The number of hydroxylamine groups is 2. The number of ether oxygens (including phenoxy) is 1. The molecule has 1 saturated heterocycles. The topological polar surface area (TPSA) is 245 Å². The highest BCUT2D eigenvalue weighted by molar-refractivity contribution is 8.76. The van der Waals surface area contributed by atoms with E-state index in [1.165, 1.54) is 10.8 Å². The van der Waals surface area contributed by atoms with E-state index in [-0.39, 0.29) is 76.7 Å². The largest absolute Gasteiger partial charge is 0.445 e. The van der Waals surface area contributed by atoms with Gasteiger partial charge >= 0.3 is 18.1 Å². The summed E-state index contributed by atoms with van der Waals surface area (Å²) in [5.41, 5.74) is 6.35. The van der Waals surface area contributed by atoms with Crippen LogP contribution in [0.2, 0.25) is 0 Å². The number of ketones is 1. The molecule has 1 aromatic carbocycles. The summed E-state index contributed by atoms with van der Waals surface area (Å²) >= 11 is 0. The number of pyridine rings is 1. The zero-order valence-electron chi connectivity index (χ0n) is 32.8. The number of Topliss-reactive ketones (excluding diaryl/α,β-unsaturated/α-hetero) is 1. The molecule has 0 radical (unpaired) electrons. The molecule has 7 amide bonds. The van der Waals surface area contributed by atoms with E-state index in [1.807, 2.05) is 18.2 Å². The molecule has 324 valence electrons. The number of benzene rings is 1. The average Bonchev–Trinajstić information content (AvgIpc) is 3.51. The maximum atomic E-state index is 13.6. The Morgan fingerprint density at radius 3 is 2.22 bits per heavy atom. The van der Waals surface area contributed by atoms with Crippen LogP contribution in [-0.4, -0.2) is 82.4 Å². The summed E-state index contributed by atoms with van der Waals surface area (Å²) in [7, 11) is 3.08. The first-order chi connectivity index (χ1) is 27.8. The molecule has 2 atom stereocenters. The Hall–Kier alpha value is -5.17. The Morgan fingerprint density at radius 1 is 0.881 bits per heavy atom. The third-order valence-electron chi connectivity index (χ3n) is 8.74. The number of nitrogens with two attached hydrogens (primary N) is 1. The molecular weight excluding hydrogens is 803 g/mol. The van der Waals surface area contributed by atoms with Crippen molar-refractivity contribution in [1.29, 1.82) is 0 Å². The van der Waals surface area contributed by atoms with E-state index in [9.17, 15) is 38.4 Å². The number of hydrogen-bond donors (Lipinski definition) is 5. The first kappa shape index (κ1) is 50.0. The highest BCUT2D eigenvalue weighted by Gasteiger charge is 2.33. The summed E-state index contributed by atoms with van der Waals surface area (Å²) < 4.78 is 5.30. The molecule has 2 aromatic rings. The number of aromatic nitrogens is 1. The average molecular weight is 860 g/mol. The minimum atomic E-state index is -0.835. The van der Waals surface area contributed by atoms with Gasteiger partial charge in [-0.25, -0.2) is 19.4 Å². The molecule has 0 bridgehead atoms. The van der Waals surface area contributed by atoms with Gasteiger partial charge in [-0.1, -0.05) is 63.1 Å². The standard InChI is InChI=1S/C39H53N7O10S2.CH4/c1-26(2)36(45-31(48)11-5-3-4-6-13-35(51)56-46-33(49)18-19-34(46)50)30(47)24-28(10-9-21-42-38(40)53)37(52)44-29-16-14-27(15-17-29)25-55-39(54)43-22-23-57-58-32-12-7-8-20-41-32;/h7-8,12,14-17,20,26,28,36H,3-6,9-11,13,18-19,21-25H2,1-2H3,(H,43,54)(H,44,52)(H,45,48)(H3,40,42,53);1H4/t28-,36+;/m1./s1. The molecule has 59 heavy (non-hydrogen) atoms. The normalized spacial score (nSPS) is 13.2. The smallest absolute Gasteiger partial charge is 0.407 e. The molecular formula is C40H57N7O10S2.